The predicted molar refractivity (Wildman–Crippen MR) is 69.0 cm³/mol. The molecule has 0 fully saturated rings. The molecule has 0 saturated heterocycles. The van der Waals surface area contributed by atoms with Gasteiger partial charge in [-0.25, -0.2) is 0 Å². The van der Waals surface area contributed by atoms with Crippen LogP contribution in [0.15, 0.2) is 28.7 Å². The van der Waals surface area contributed by atoms with E-state index >= 15 is 0 Å². The van der Waals surface area contributed by atoms with Gasteiger partial charge in [0.2, 0.25) is 5.78 Å². The van der Waals surface area contributed by atoms with E-state index in [1.54, 1.807) is 24.3 Å². The molecule has 0 saturated carbocycles. The number of furan rings is 1. The summed E-state index contributed by atoms with van der Waals surface area (Å²) in [5.74, 6) is 1.39. The Kier molecular flexibility index (Phi) is 3.10. The quantitative estimate of drug-likeness (QED) is 0.667. The van der Waals surface area contributed by atoms with Crippen LogP contribution in [0.1, 0.15) is 27.4 Å². The maximum atomic E-state index is 12.2. The van der Waals surface area contributed by atoms with Crippen molar-refractivity contribution in [1.29, 1.82) is 0 Å². The van der Waals surface area contributed by atoms with E-state index in [0.29, 0.717) is 22.8 Å². The number of benzene rings is 1. The van der Waals surface area contributed by atoms with Crippen molar-refractivity contribution in [2.75, 3.05) is 12.8 Å². The normalized spacial score (nSPS) is 10.4. The highest BCUT2D eigenvalue weighted by Gasteiger charge is 2.16. The van der Waals surface area contributed by atoms with E-state index in [9.17, 15) is 4.79 Å². The van der Waals surface area contributed by atoms with Crippen LogP contribution in [0.25, 0.3) is 0 Å². The lowest BCUT2D eigenvalue weighted by molar-refractivity contribution is 0.101. The summed E-state index contributed by atoms with van der Waals surface area (Å²) in [7, 11) is 1.52. The first-order valence-electron chi connectivity index (χ1n) is 5.58. The third kappa shape index (κ3) is 2.09. The molecule has 18 heavy (non-hydrogen) atoms. The van der Waals surface area contributed by atoms with Gasteiger partial charge in [0.1, 0.15) is 11.5 Å². The fraction of sp³-hybridized carbons (Fsp3) is 0.214. The summed E-state index contributed by atoms with van der Waals surface area (Å²) in [6, 6.07) is 6.66. The Morgan fingerprint density at radius 1 is 1.28 bits per heavy atom. The molecule has 2 N–H and O–H groups in total. The van der Waals surface area contributed by atoms with E-state index in [0.717, 1.165) is 11.3 Å². The summed E-state index contributed by atoms with van der Waals surface area (Å²) in [5, 5.41) is 0. The van der Waals surface area contributed by atoms with Gasteiger partial charge in [0.15, 0.2) is 5.76 Å². The molecule has 0 aliphatic carbocycles. The summed E-state index contributed by atoms with van der Waals surface area (Å²) < 4.78 is 10.5. The van der Waals surface area contributed by atoms with Gasteiger partial charge in [-0.3, -0.25) is 4.79 Å². The Morgan fingerprint density at radius 3 is 2.56 bits per heavy atom. The van der Waals surface area contributed by atoms with Gasteiger partial charge in [-0.05, 0) is 43.7 Å². The molecule has 4 nitrogen and oxygen atoms in total. The van der Waals surface area contributed by atoms with Crippen molar-refractivity contribution < 1.29 is 13.9 Å². The first-order valence-corrected chi connectivity index (χ1v) is 5.58. The zero-order chi connectivity index (χ0) is 13.3. The smallest absolute Gasteiger partial charge is 0.228 e. The van der Waals surface area contributed by atoms with E-state index in [1.807, 2.05) is 13.8 Å². The van der Waals surface area contributed by atoms with Crippen LogP contribution in [0.3, 0.4) is 0 Å². The van der Waals surface area contributed by atoms with Gasteiger partial charge in [-0.2, -0.15) is 0 Å². The van der Waals surface area contributed by atoms with Gasteiger partial charge in [-0.1, -0.05) is 0 Å². The van der Waals surface area contributed by atoms with E-state index < -0.39 is 0 Å². The number of nitrogens with two attached hydrogens (primary N) is 1. The van der Waals surface area contributed by atoms with Crippen molar-refractivity contribution in [1.82, 2.24) is 0 Å². The van der Waals surface area contributed by atoms with Gasteiger partial charge in [-0.15, -0.1) is 0 Å². The van der Waals surface area contributed by atoms with Crippen molar-refractivity contribution in [3.8, 4) is 5.75 Å². The van der Waals surface area contributed by atoms with Crippen LogP contribution < -0.4 is 10.5 Å². The van der Waals surface area contributed by atoms with Crippen LogP contribution in [-0.2, 0) is 0 Å². The number of ether oxygens (including phenoxy) is 1. The minimum atomic E-state index is -0.176. The summed E-state index contributed by atoms with van der Waals surface area (Å²) in [5.41, 5.74) is 7.66. The monoisotopic (exact) mass is 245 g/mol. The van der Waals surface area contributed by atoms with E-state index in [4.69, 9.17) is 14.9 Å². The van der Waals surface area contributed by atoms with Gasteiger partial charge in [0, 0.05) is 5.56 Å². The van der Waals surface area contributed by atoms with Crippen LogP contribution in [0, 0.1) is 13.8 Å². The fourth-order valence-electron chi connectivity index (χ4n) is 1.68. The summed E-state index contributed by atoms with van der Waals surface area (Å²) in [4.78, 5) is 12.2. The number of methoxy groups -OCH3 is 1. The lowest BCUT2D eigenvalue weighted by Gasteiger charge is -2.05. The summed E-state index contributed by atoms with van der Waals surface area (Å²) in [6.07, 6.45) is 0. The second-order valence-corrected chi connectivity index (χ2v) is 4.14. The molecule has 4 heteroatoms. The van der Waals surface area contributed by atoms with E-state index in [2.05, 4.69) is 0 Å². The molecule has 0 atom stereocenters. The number of hydrogen-bond acceptors (Lipinski definition) is 4. The van der Waals surface area contributed by atoms with Gasteiger partial charge in [0.25, 0.3) is 0 Å². The highest BCUT2D eigenvalue weighted by Crippen LogP contribution is 2.24. The predicted octanol–water partition coefficient (Wildman–Crippen LogP) is 2.72. The van der Waals surface area contributed by atoms with Crippen LogP contribution in [0.2, 0.25) is 0 Å². The maximum Gasteiger partial charge on any atom is 0.228 e. The first-order chi connectivity index (χ1) is 8.52. The highest BCUT2D eigenvalue weighted by molar-refractivity contribution is 6.07. The van der Waals surface area contributed by atoms with Gasteiger partial charge in [0.05, 0.1) is 12.8 Å². The molecule has 1 heterocycles. The van der Waals surface area contributed by atoms with Crippen molar-refractivity contribution in [2.45, 2.75) is 13.8 Å². The molecule has 2 rings (SSSR count). The van der Waals surface area contributed by atoms with E-state index in [1.165, 1.54) is 7.11 Å². The fourth-order valence-corrected chi connectivity index (χ4v) is 1.68. The molecular formula is C14H15NO3. The molecule has 0 aliphatic rings. The third-order valence-electron chi connectivity index (χ3n) is 2.89. The number of carbonyl (C=O) groups is 1. The number of ketones is 1. The highest BCUT2D eigenvalue weighted by atomic mass is 16.5. The average molecular weight is 245 g/mol. The standard InChI is InChI=1S/C14H15NO3/c1-8-6-13(18-9(8)2)14(16)10-4-5-11(15)12(7-10)17-3/h4-7H,15H2,1-3H3. The largest absolute Gasteiger partial charge is 0.495 e. The number of rotatable bonds is 3. The first kappa shape index (κ1) is 12.2. The van der Waals surface area contributed by atoms with Crippen molar-refractivity contribution in [3.63, 3.8) is 0 Å². The molecule has 94 valence electrons. The molecule has 1 aromatic heterocycles. The van der Waals surface area contributed by atoms with E-state index in [-0.39, 0.29) is 5.78 Å². The Hall–Kier alpha value is -2.23. The van der Waals surface area contributed by atoms with Crippen molar-refractivity contribution in [3.05, 3.63) is 46.9 Å². The Bertz CT molecular complexity index is 580. The third-order valence-corrected chi connectivity index (χ3v) is 2.89. The van der Waals surface area contributed by atoms with Crippen LogP contribution in [0.4, 0.5) is 5.69 Å². The molecule has 0 radical (unpaired) electrons. The van der Waals surface area contributed by atoms with Crippen LogP contribution >= 0.6 is 0 Å². The minimum absolute atomic E-state index is 0.176. The Morgan fingerprint density at radius 2 is 2.00 bits per heavy atom. The van der Waals surface area contributed by atoms with Gasteiger partial charge < -0.3 is 14.9 Å². The van der Waals surface area contributed by atoms with Crippen molar-refractivity contribution >= 4 is 11.5 Å². The number of nitrogen functional groups attached to an aromatic ring is 1. The summed E-state index contributed by atoms with van der Waals surface area (Å²) >= 11 is 0. The maximum absolute atomic E-state index is 12.2. The lowest BCUT2D eigenvalue weighted by Crippen LogP contribution is -2.01. The molecule has 0 bridgehead atoms. The Labute approximate surface area is 105 Å². The van der Waals surface area contributed by atoms with Crippen LogP contribution in [-0.4, -0.2) is 12.9 Å². The van der Waals surface area contributed by atoms with Crippen molar-refractivity contribution in [2.24, 2.45) is 0 Å². The minimum Gasteiger partial charge on any atom is -0.495 e. The lowest BCUT2D eigenvalue weighted by atomic mass is 10.1. The average Bonchev–Trinajstić information content (AvgIpc) is 2.69. The molecule has 1 aromatic carbocycles. The molecule has 0 amide bonds. The zero-order valence-corrected chi connectivity index (χ0v) is 10.6. The second-order valence-electron chi connectivity index (χ2n) is 4.14. The van der Waals surface area contributed by atoms with Gasteiger partial charge >= 0.3 is 0 Å². The molecular weight excluding hydrogens is 230 g/mol. The number of aryl methyl sites for hydroxylation is 2. The Balaban J connectivity index is 2.39. The van der Waals surface area contributed by atoms with Crippen LogP contribution in [0.5, 0.6) is 5.75 Å². The zero-order valence-electron chi connectivity index (χ0n) is 10.6. The molecule has 0 aliphatic heterocycles. The number of anilines is 1. The summed E-state index contributed by atoms with van der Waals surface area (Å²) in [6.45, 7) is 3.73. The molecule has 2 aromatic rings. The molecule has 0 spiro atoms. The SMILES string of the molecule is COc1cc(C(=O)c2cc(C)c(C)o2)ccc1N. The number of hydrogen-bond donors (Lipinski definition) is 1. The number of carbonyl (C=O) groups excluding carboxylic acids is 1. The molecule has 0 unspecified atom stereocenters. The second kappa shape index (κ2) is 4.56. The topological polar surface area (TPSA) is 65.5 Å².